The molecule has 0 amide bonds. The van der Waals surface area contributed by atoms with E-state index in [1.54, 1.807) is 44.6 Å². The molecule has 0 aromatic heterocycles. The lowest BCUT2D eigenvalue weighted by Gasteiger charge is -2.40. The summed E-state index contributed by atoms with van der Waals surface area (Å²) < 4.78 is 65.8. The number of hydrogen-bond acceptors (Lipinski definition) is 6. The Kier molecular flexibility index (Phi) is 14.4. The molecule has 1 heterocycles. The number of fused-ring (bicyclic) bond motifs is 2. The molecule has 0 bridgehead atoms. The van der Waals surface area contributed by atoms with Crippen molar-refractivity contribution in [2.75, 3.05) is 20.0 Å². The number of aliphatic hydroxyl groups is 2. The Hall–Kier alpha value is -3.79. The minimum Gasteiger partial charge on any atom is -0.497 e. The number of rotatable bonds is 12. The molecule has 6 nitrogen and oxygen atoms in total. The van der Waals surface area contributed by atoms with Crippen LogP contribution in [0, 0.1) is 22.5 Å². The van der Waals surface area contributed by atoms with Gasteiger partial charge in [-0.1, -0.05) is 83.7 Å². The lowest BCUT2D eigenvalue weighted by Crippen LogP contribution is -2.42. The Balaban J connectivity index is 0.000000215. The highest BCUT2D eigenvalue weighted by molar-refractivity contribution is 7.91. The van der Waals surface area contributed by atoms with Gasteiger partial charge in [0.1, 0.15) is 23.1 Å². The van der Waals surface area contributed by atoms with E-state index in [-0.39, 0.29) is 27.8 Å². The Bertz CT molecular complexity index is 2030. The largest absolute Gasteiger partial charge is 0.497 e. The van der Waals surface area contributed by atoms with Crippen molar-refractivity contribution in [3.8, 4) is 11.5 Å². The van der Waals surface area contributed by atoms with Crippen LogP contribution < -0.4 is 9.47 Å². The molecule has 1 aliphatic heterocycles. The standard InChI is InChI=1S/C24H31FO2.C23H29FO4S/c1-4-6-13-24(5-2)14-12-17-10-11-19(25)16-21(17)22(23(24)26)18-8-7-9-20(15-18)27-3;1-4-6-12-23(5-2)15-29(26,27)20-11-10-17(24)14-19(20)21(22(23)25)16-8-7-9-18(13-16)28-3/h7-11,15-16,22-23,26H,4-6,12-14H2,1-3H3;7-11,13-14,21-22,25H,4-6,12,15H2,1-3H3/t22-,23-,24-;21-,22-,23+/m10/s1. The quantitative estimate of drug-likeness (QED) is 0.110. The third kappa shape index (κ3) is 9.00. The van der Waals surface area contributed by atoms with E-state index in [1.165, 1.54) is 18.2 Å². The van der Waals surface area contributed by atoms with Crippen molar-refractivity contribution in [3.63, 3.8) is 0 Å². The van der Waals surface area contributed by atoms with Crippen molar-refractivity contribution in [2.45, 2.75) is 121 Å². The third-order valence-electron chi connectivity index (χ3n) is 12.7. The van der Waals surface area contributed by atoms with E-state index in [1.807, 2.05) is 50.2 Å². The second-order valence-electron chi connectivity index (χ2n) is 15.8. The van der Waals surface area contributed by atoms with Crippen molar-refractivity contribution < 1.29 is 36.9 Å². The monoisotopic (exact) mass is 790 g/mol. The molecule has 6 rings (SSSR count). The highest BCUT2D eigenvalue weighted by Gasteiger charge is 2.49. The molecule has 0 spiro atoms. The predicted molar refractivity (Wildman–Crippen MR) is 219 cm³/mol. The van der Waals surface area contributed by atoms with Gasteiger partial charge < -0.3 is 19.7 Å². The van der Waals surface area contributed by atoms with E-state index in [4.69, 9.17) is 9.47 Å². The summed E-state index contributed by atoms with van der Waals surface area (Å²) in [6, 6.07) is 23.9. The van der Waals surface area contributed by atoms with Crippen molar-refractivity contribution in [3.05, 3.63) is 124 Å². The van der Waals surface area contributed by atoms with Gasteiger partial charge in [0.05, 0.1) is 37.1 Å². The van der Waals surface area contributed by atoms with E-state index in [0.29, 0.717) is 24.2 Å². The summed E-state index contributed by atoms with van der Waals surface area (Å²) in [7, 11) is -0.492. The van der Waals surface area contributed by atoms with Gasteiger partial charge in [0.25, 0.3) is 0 Å². The lowest BCUT2D eigenvalue weighted by atomic mass is 9.67. The van der Waals surface area contributed by atoms with Gasteiger partial charge in [-0.3, -0.25) is 0 Å². The Morgan fingerprint density at radius 1 is 0.679 bits per heavy atom. The number of aryl methyl sites for hydroxylation is 1. The van der Waals surface area contributed by atoms with Gasteiger partial charge in [0, 0.05) is 17.3 Å². The number of methoxy groups -OCH3 is 2. The van der Waals surface area contributed by atoms with Gasteiger partial charge in [-0.2, -0.15) is 0 Å². The van der Waals surface area contributed by atoms with Crippen LogP contribution in [0.1, 0.15) is 125 Å². The highest BCUT2D eigenvalue weighted by Crippen LogP contribution is 2.51. The molecule has 6 atom stereocenters. The fourth-order valence-corrected chi connectivity index (χ4v) is 11.5. The fourth-order valence-electron chi connectivity index (χ4n) is 9.24. The summed E-state index contributed by atoms with van der Waals surface area (Å²) in [4.78, 5) is 0.109. The molecule has 4 aromatic carbocycles. The minimum atomic E-state index is -3.69. The number of aliphatic hydroxyl groups excluding tert-OH is 2. The summed E-state index contributed by atoms with van der Waals surface area (Å²) >= 11 is 0. The van der Waals surface area contributed by atoms with Crippen LogP contribution in [0.2, 0.25) is 0 Å². The first-order valence-electron chi connectivity index (χ1n) is 20.3. The molecule has 56 heavy (non-hydrogen) atoms. The topological polar surface area (TPSA) is 93.1 Å². The van der Waals surface area contributed by atoms with Crippen LogP contribution in [-0.2, 0) is 16.3 Å². The van der Waals surface area contributed by atoms with Crippen molar-refractivity contribution in [1.29, 1.82) is 0 Å². The zero-order valence-electron chi connectivity index (χ0n) is 33.9. The zero-order valence-corrected chi connectivity index (χ0v) is 34.7. The number of halogens is 2. The maximum Gasteiger partial charge on any atom is 0.179 e. The molecule has 0 unspecified atom stereocenters. The zero-order chi connectivity index (χ0) is 40.7. The smallest absolute Gasteiger partial charge is 0.179 e. The Morgan fingerprint density at radius 3 is 1.71 bits per heavy atom. The SMILES string of the molecule is CCCC[C@]1(CC)CCc2ccc(F)cc2[C@@H](c2cccc(OC)c2)[C@H]1O.CCCC[C@]1(CC)CS(=O)(=O)c2ccc(F)cc2[C@H](c2cccc(OC)c2)[C@@H]1O. The average Bonchev–Trinajstić information content (AvgIpc) is 3.36. The van der Waals surface area contributed by atoms with Crippen molar-refractivity contribution in [2.24, 2.45) is 10.8 Å². The molecule has 0 saturated heterocycles. The van der Waals surface area contributed by atoms with E-state index in [9.17, 15) is 27.4 Å². The molecule has 9 heteroatoms. The van der Waals surface area contributed by atoms with Gasteiger partial charge in [-0.05, 0) is 126 Å². The molecule has 1 aliphatic carbocycles. The number of benzene rings is 4. The summed E-state index contributed by atoms with van der Waals surface area (Å²) in [5, 5.41) is 23.3. The second kappa shape index (κ2) is 18.6. The number of ether oxygens (including phenoxy) is 2. The highest BCUT2D eigenvalue weighted by atomic mass is 32.2. The summed E-state index contributed by atoms with van der Waals surface area (Å²) in [5.41, 5.74) is 3.13. The molecule has 2 aliphatic rings. The van der Waals surface area contributed by atoms with Crippen LogP contribution in [0.25, 0.3) is 0 Å². The summed E-state index contributed by atoms with van der Waals surface area (Å²) in [6.45, 7) is 8.34. The molecule has 0 fully saturated rings. The van der Waals surface area contributed by atoms with Crippen LogP contribution in [-0.4, -0.2) is 50.8 Å². The first kappa shape index (κ1) is 43.3. The fraction of sp³-hybridized carbons (Fsp3) is 0.489. The summed E-state index contributed by atoms with van der Waals surface area (Å²) in [5.74, 6) is -0.442. The van der Waals surface area contributed by atoms with Gasteiger partial charge in [0.15, 0.2) is 9.84 Å². The number of unbranched alkanes of at least 4 members (excludes halogenated alkanes) is 2. The molecule has 0 saturated carbocycles. The lowest BCUT2D eigenvalue weighted by molar-refractivity contribution is -0.00161. The predicted octanol–water partition coefficient (Wildman–Crippen LogP) is 10.6. The van der Waals surface area contributed by atoms with Gasteiger partial charge in [0.2, 0.25) is 0 Å². The van der Waals surface area contributed by atoms with Gasteiger partial charge in [-0.25, -0.2) is 17.2 Å². The molecule has 304 valence electrons. The van der Waals surface area contributed by atoms with Crippen LogP contribution in [0.4, 0.5) is 8.78 Å². The van der Waals surface area contributed by atoms with Crippen molar-refractivity contribution in [1.82, 2.24) is 0 Å². The maximum atomic E-state index is 14.2. The molecule has 4 aromatic rings. The minimum absolute atomic E-state index is 0.109. The Morgan fingerprint density at radius 2 is 1.18 bits per heavy atom. The normalized spacial score (nSPS) is 25.4. The number of hydrogen-bond donors (Lipinski definition) is 2. The third-order valence-corrected chi connectivity index (χ3v) is 14.7. The first-order chi connectivity index (χ1) is 26.8. The van der Waals surface area contributed by atoms with Crippen LogP contribution in [0.5, 0.6) is 11.5 Å². The first-order valence-corrected chi connectivity index (χ1v) is 21.9. The van der Waals surface area contributed by atoms with Gasteiger partial charge in [-0.15, -0.1) is 0 Å². The average molecular weight is 791 g/mol. The molecular weight excluding hydrogens is 731 g/mol. The molecule has 0 radical (unpaired) electrons. The van der Waals surface area contributed by atoms with Crippen LogP contribution >= 0.6 is 0 Å². The van der Waals surface area contributed by atoms with E-state index in [2.05, 4.69) is 13.8 Å². The van der Waals surface area contributed by atoms with E-state index >= 15 is 0 Å². The molecular formula is C47H60F2O6S. The van der Waals surface area contributed by atoms with Crippen LogP contribution in [0.15, 0.2) is 89.8 Å². The van der Waals surface area contributed by atoms with E-state index in [0.717, 1.165) is 79.4 Å². The van der Waals surface area contributed by atoms with Gasteiger partial charge >= 0.3 is 0 Å². The molecule has 2 N–H and O–H groups in total. The van der Waals surface area contributed by atoms with Crippen molar-refractivity contribution >= 4 is 9.84 Å². The number of sulfone groups is 1. The maximum absolute atomic E-state index is 14.2. The summed E-state index contributed by atoms with van der Waals surface area (Å²) in [6.07, 6.45) is 7.25. The second-order valence-corrected chi connectivity index (χ2v) is 17.8. The Labute approximate surface area is 333 Å². The van der Waals surface area contributed by atoms with E-state index < -0.39 is 39.2 Å². The van der Waals surface area contributed by atoms with Crippen LogP contribution in [0.3, 0.4) is 0 Å².